The van der Waals surface area contributed by atoms with Gasteiger partial charge in [0.05, 0.1) is 4.92 Å². The van der Waals surface area contributed by atoms with Crippen molar-refractivity contribution in [3.05, 3.63) is 63.2 Å². The van der Waals surface area contributed by atoms with Gasteiger partial charge in [0.25, 0.3) is 11.6 Å². The summed E-state index contributed by atoms with van der Waals surface area (Å²) < 4.78 is 0. The summed E-state index contributed by atoms with van der Waals surface area (Å²) in [6, 6.07) is 10.4. The van der Waals surface area contributed by atoms with Crippen molar-refractivity contribution in [3.8, 4) is 0 Å². The summed E-state index contributed by atoms with van der Waals surface area (Å²) in [5.74, 6) is -0.341. The molecule has 1 N–H and O–H groups in total. The van der Waals surface area contributed by atoms with Crippen LogP contribution in [0.15, 0.2) is 36.4 Å². The summed E-state index contributed by atoms with van der Waals surface area (Å²) in [5.41, 5.74) is 3.66. The number of carbonyl (C=O) groups is 1. The van der Waals surface area contributed by atoms with E-state index in [2.05, 4.69) is 5.32 Å². The largest absolute Gasteiger partial charge is 0.366 e. The number of benzene rings is 2. The molecule has 0 bridgehead atoms. The van der Waals surface area contributed by atoms with Crippen LogP contribution in [0.2, 0.25) is 0 Å². The first-order valence-corrected chi connectivity index (χ1v) is 8.88. The third-order valence-corrected chi connectivity index (χ3v) is 4.98. The number of nitrogens with zero attached hydrogens (tertiary/aromatic N) is 2. The number of rotatable bonds is 4. The topological polar surface area (TPSA) is 75.5 Å². The molecule has 3 rings (SSSR count). The van der Waals surface area contributed by atoms with Crippen LogP contribution in [0.1, 0.15) is 40.7 Å². The number of anilines is 2. The molecule has 1 amide bonds. The number of nitro benzene ring substituents is 1. The van der Waals surface area contributed by atoms with Gasteiger partial charge >= 0.3 is 0 Å². The Bertz CT molecular complexity index is 842. The molecule has 2 aromatic rings. The molecule has 0 unspecified atom stereocenters. The lowest BCUT2D eigenvalue weighted by atomic mass is 10.1. The summed E-state index contributed by atoms with van der Waals surface area (Å²) in [6.07, 6.45) is 3.22. The Kier molecular flexibility index (Phi) is 5.21. The van der Waals surface area contributed by atoms with Crippen LogP contribution in [0, 0.1) is 24.0 Å². The Hall–Kier alpha value is -2.89. The zero-order valence-electron chi connectivity index (χ0n) is 15.1. The van der Waals surface area contributed by atoms with Crippen molar-refractivity contribution in [1.29, 1.82) is 0 Å². The average molecular weight is 353 g/mol. The highest BCUT2D eigenvalue weighted by molar-refractivity contribution is 6.05. The highest BCUT2D eigenvalue weighted by Gasteiger charge is 2.23. The fourth-order valence-corrected chi connectivity index (χ4v) is 3.29. The van der Waals surface area contributed by atoms with Crippen LogP contribution in [0.4, 0.5) is 17.1 Å². The molecule has 2 aromatic carbocycles. The van der Waals surface area contributed by atoms with Crippen molar-refractivity contribution in [2.24, 2.45) is 0 Å². The van der Waals surface area contributed by atoms with E-state index >= 15 is 0 Å². The van der Waals surface area contributed by atoms with Crippen LogP contribution in [-0.2, 0) is 0 Å². The first-order valence-electron chi connectivity index (χ1n) is 8.88. The SMILES string of the molecule is Cc1cccc(NC(=O)c2ccc(N3CCCCC3)c([N+](=O)[O-])c2)c1C. The van der Waals surface area contributed by atoms with Gasteiger partial charge in [0.2, 0.25) is 0 Å². The van der Waals surface area contributed by atoms with Crippen LogP contribution in [-0.4, -0.2) is 23.9 Å². The van der Waals surface area contributed by atoms with E-state index in [1.807, 2.05) is 36.9 Å². The third-order valence-electron chi connectivity index (χ3n) is 4.98. The van der Waals surface area contributed by atoms with Gasteiger partial charge in [-0.3, -0.25) is 14.9 Å². The number of hydrogen-bond donors (Lipinski definition) is 1. The number of nitro groups is 1. The number of hydrogen-bond acceptors (Lipinski definition) is 4. The smallest absolute Gasteiger partial charge is 0.293 e. The molecule has 0 aromatic heterocycles. The lowest BCUT2D eigenvalue weighted by Crippen LogP contribution is -2.30. The number of aryl methyl sites for hydroxylation is 1. The number of carbonyl (C=O) groups excluding carboxylic acids is 1. The molecule has 6 nitrogen and oxygen atoms in total. The van der Waals surface area contributed by atoms with Gasteiger partial charge in [-0.15, -0.1) is 0 Å². The van der Waals surface area contributed by atoms with Gasteiger partial charge in [-0.1, -0.05) is 12.1 Å². The van der Waals surface area contributed by atoms with Crippen LogP contribution in [0.25, 0.3) is 0 Å². The van der Waals surface area contributed by atoms with Gasteiger partial charge in [-0.2, -0.15) is 0 Å². The van der Waals surface area contributed by atoms with Gasteiger partial charge in [-0.05, 0) is 62.4 Å². The molecule has 0 aliphatic carbocycles. The number of amides is 1. The minimum atomic E-state index is -0.404. The normalized spacial score (nSPS) is 14.2. The van der Waals surface area contributed by atoms with Crippen molar-refractivity contribution in [2.75, 3.05) is 23.3 Å². The van der Waals surface area contributed by atoms with Gasteiger partial charge in [0, 0.05) is 30.4 Å². The standard InChI is InChI=1S/C20H23N3O3/c1-14-7-6-8-17(15(14)2)21-20(24)16-9-10-18(19(13-16)23(25)26)22-11-4-3-5-12-22/h6-10,13H,3-5,11-12H2,1-2H3,(H,21,24). The van der Waals surface area contributed by atoms with Gasteiger partial charge in [-0.25, -0.2) is 0 Å². The Labute approximate surface area is 153 Å². The molecule has 0 radical (unpaired) electrons. The minimum Gasteiger partial charge on any atom is -0.366 e. The van der Waals surface area contributed by atoms with Crippen LogP contribution in [0.3, 0.4) is 0 Å². The quantitative estimate of drug-likeness (QED) is 0.651. The highest BCUT2D eigenvalue weighted by Crippen LogP contribution is 2.31. The third kappa shape index (κ3) is 3.69. The van der Waals surface area contributed by atoms with E-state index in [0.29, 0.717) is 11.3 Å². The maximum Gasteiger partial charge on any atom is 0.293 e. The molecule has 1 fully saturated rings. The van der Waals surface area contributed by atoms with E-state index in [1.165, 1.54) is 6.07 Å². The van der Waals surface area contributed by atoms with E-state index in [4.69, 9.17) is 0 Å². The van der Waals surface area contributed by atoms with E-state index < -0.39 is 4.92 Å². The Morgan fingerprint density at radius 2 is 1.85 bits per heavy atom. The summed E-state index contributed by atoms with van der Waals surface area (Å²) in [5, 5.41) is 14.4. The first-order chi connectivity index (χ1) is 12.5. The van der Waals surface area contributed by atoms with E-state index in [9.17, 15) is 14.9 Å². The zero-order valence-corrected chi connectivity index (χ0v) is 15.1. The second kappa shape index (κ2) is 7.56. The second-order valence-electron chi connectivity index (χ2n) is 6.71. The van der Waals surface area contributed by atoms with Crippen molar-refractivity contribution >= 4 is 23.0 Å². The summed E-state index contributed by atoms with van der Waals surface area (Å²) in [7, 11) is 0. The van der Waals surface area contributed by atoms with Crippen LogP contribution in [0.5, 0.6) is 0 Å². The van der Waals surface area contributed by atoms with Gasteiger partial charge in [0.15, 0.2) is 0 Å². The molecule has 1 heterocycles. The highest BCUT2D eigenvalue weighted by atomic mass is 16.6. The molecule has 136 valence electrons. The maximum absolute atomic E-state index is 12.6. The molecule has 0 spiro atoms. The fraction of sp³-hybridized carbons (Fsp3) is 0.350. The van der Waals surface area contributed by atoms with Gasteiger partial charge in [0.1, 0.15) is 5.69 Å². The Morgan fingerprint density at radius 1 is 1.12 bits per heavy atom. The molecular weight excluding hydrogens is 330 g/mol. The summed E-state index contributed by atoms with van der Waals surface area (Å²) in [6.45, 7) is 5.54. The van der Waals surface area contributed by atoms with E-state index in [0.717, 1.165) is 49.2 Å². The molecule has 0 atom stereocenters. The molecule has 1 aliphatic heterocycles. The van der Waals surface area contributed by atoms with Crippen molar-refractivity contribution < 1.29 is 9.72 Å². The van der Waals surface area contributed by atoms with Crippen molar-refractivity contribution in [1.82, 2.24) is 0 Å². The van der Waals surface area contributed by atoms with E-state index in [1.54, 1.807) is 12.1 Å². The zero-order chi connectivity index (χ0) is 18.7. The monoisotopic (exact) mass is 353 g/mol. The lowest BCUT2D eigenvalue weighted by molar-refractivity contribution is -0.384. The van der Waals surface area contributed by atoms with E-state index in [-0.39, 0.29) is 11.6 Å². The number of piperidine rings is 1. The van der Waals surface area contributed by atoms with Gasteiger partial charge < -0.3 is 10.2 Å². The molecule has 26 heavy (non-hydrogen) atoms. The second-order valence-corrected chi connectivity index (χ2v) is 6.71. The lowest BCUT2D eigenvalue weighted by Gasteiger charge is -2.28. The minimum absolute atomic E-state index is 0.0134. The summed E-state index contributed by atoms with van der Waals surface area (Å²) in [4.78, 5) is 25.8. The maximum atomic E-state index is 12.6. The predicted octanol–water partition coefficient (Wildman–Crippen LogP) is 4.45. The Balaban J connectivity index is 1.88. The predicted molar refractivity (Wildman–Crippen MR) is 103 cm³/mol. The molecule has 6 heteroatoms. The van der Waals surface area contributed by atoms with Crippen LogP contribution < -0.4 is 10.2 Å². The molecule has 1 saturated heterocycles. The fourth-order valence-electron chi connectivity index (χ4n) is 3.29. The summed E-state index contributed by atoms with van der Waals surface area (Å²) >= 11 is 0. The van der Waals surface area contributed by atoms with Crippen LogP contribution >= 0.6 is 0 Å². The Morgan fingerprint density at radius 3 is 2.54 bits per heavy atom. The van der Waals surface area contributed by atoms with Crippen molar-refractivity contribution in [2.45, 2.75) is 33.1 Å². The number of nitrogens with one attached hydrogen (secondary N) is 1. The first kappa shape index (κ1) is 17.9. The molecule has 1 aliphatic rings. The molecular formula is C20H23N3O3. The molecule has 0 saturated carbocycles. The van der Waals surface area contributed by atoms with Crippen molar-refractivity contribution in [3.63, 3.8) is 0 Å². The average Bonchev–Trinajstić information content (AvgIpc) is 2.65.